The van der Waals surface area contributed by atoms with E-state index in [4.69, 9.17) is 17.0 Å². The SMILES string of the molecule is CCCCCCCCCCCCCCCCCC(=O)Nc1ccn([C@@H]2O[C@H](CO)[C@@H](O)[C@@H]2O)c(=S)n1. The summed E-state index contributed by atoms with van der Waals surface area (Å²) >= 11 is 5.27. The molecule has 0 aromatic carbocycles. The van der Waals surface area contributed by atoms with Gasteiger partial charge in [0.05, 0.1) is 6.61 Å². The minimum Gasteiger partial charge on any atom is -0.394 e. The number of hydrogen-bond donors (Lipinski definition) is 4. The summed E-state index contributed by atoms with van der Waals surface area (Å²) in [5.74, 6) is 0.242. The van der Waals surface area contributed by atoms with Gasteiger partial charge in [-0.15, -0.1) is 0 Å². The molecule has 8 nitrogen and oxygen atoms in total. The summed E-state index contributed by atoms with van der Waals surface area (Å²) in [5.41, 5.74) is 0. The highest BCUT2D eigenvalue weighted by Gasteiger charge is 2.43. The Morgan fingerprint density at radius 1 is 0.944 bits per heavy atom. The van der Waals surface area contributed by atoms with Crippen molar-refractivity contribution in [2.45, 2.75) is 134 Å². The molecule has 1 aliphatic heterocycles. The summed E-state index contributed by atoms with van der Waals surface area (Å²) in [6.45, 7) is 1.85. The Hall–Kier alpha value is -1.39. The minimum atomic E-state index is -1.24. The number of nitrogens with zero attached hydrogens (tertiary/aromatic N) is 2. The number of carbonyl (C=O) groups is 1. The maximum atomic E-state index is 12.3. The Balaban J connectivity index is 1.52. The second-order valence-electron chi connectivity index (χ2n) is 9.98. The molecule has 206 valence electrons. The molecule has 2 heterocycles. The Kier molecular flexibility index (Phi) is 15.4. The highest BCUT2D eigenvalue weighted by Crippen LogP contribution is 2.29. The van der Waals surface area contributed by atoms with Crippen molar-refractivity contribution in [1.29, 1.82) is 0 Å². The molecule has 0 aliphatic carbocycles. The predicted molar refractivity (Wildman–Crippen MR) is 144 cm³/mol. The molecule has 1 aromatic heterocycles. The molecule has 0 bridgehead atoms. The van der Waals surface area contributed by atoms with Crippen LogP contribution in [-0.4, -0.2) is 55.7 Å². The van der Waals surface area contributed by atoms with Gasteiger partial charge in [-0.3, -0.25) is 9.36 Å². The molecule has 2 rings (SSSR count). The number of nitrogens with one attached hydrogen (secondary N) is 1. The maximum Gasteiger partial charge on any atom is 0.225 e. The number of aliphatic hydroxyl groups is 3. The van der Waals surface area contributed by atoms with Gasteiger partial charge in [-0.2, -0.15) is 0 Å². The molecule has 4 atom stereocenters. The van der Waals surface area contributed by atoms with Crippen molar-refractivity contribution in [3.63, 3.8) is 0 Å². The molecule has 0 radical (unpaired) electrons. The first-order chi connectivity index (χ1) is 17.5. The van der Waals surface area contributed by atoms with Crippen molar-refractivity contribution < 1.29 is 24.9 Å². The molecule has 1 aliphatic rings. The van der Waals surface area contributed by atoms with Crippen molar-refractivity contribution in [3.05, 3.63) is 17.0 Å². The number of hydrogen-bond acceptors (Lipinski definition) is 7. The molecule has 0 unspecified atom stereocenters. The summed E-state index contributed by atoms with van der Waals surface area (Å²) in [5, 5.41) is 32.1. The molecule has 1 fully saturated rings. The molecule has 1 aromatic rings. The van der Waals surface area contributed by atoms with Gasteiger partial charge in [-0.25, -0.2) is 4.98 Å². The van der Waals surface area contributed by atoms with Crippen molar-refractivity contribution in [1.82, 2.24) is 9.55 Å². The van der Waals surface area contributed by atoms with Crippen LogP contribution in [0.3, 0.4) is 0 Å². The molecule has 0 spiro atoms. The van der Waals surface area contributed by atoms with E-state index in [2.05, 4.69) is 17.2 Å². The second kappa shape index (κ2) is 18.0. The monoisotopic (exact) mass is 525 g/mol. The van der Waals surface area contributed by atoms with E-state index in [9.17, 15) is 20.1 Å². The van der Waals surface area contributed by atoms with Crippen LogP contribution in [0.5, 0.6) is 0 Å². The fraction of sp³-hybridized carbons (Fsp3) is 0.815. The first kappa shape index (κ1) is 30.8. The molecule has 4 N–H and O–H groups in total. The Bertz CT molecular complexity index is 806. The predicted octanol–water partition coefficient (Wildman–Crippen LogP) is 5.42. The van der Waals surface area contributed by atoms with Crippen LogP contribution in [0.15, 0.2) is 12.3 Å². The zero-order valence-corrected chi connectivity index (χ0v) is 22.8. The Morgan fingerprint density at radius 3 is 1.94 bits per heavy atom. The van der Waals surface area contributed by atoms with Crippen LogP contribution in [0.2, 0.25) is 0 Å². The molecular formula is C27H47N3O5S. The molecule has 9 heteroatoms. The van der Waals surface area contributed by atoms with Gasteiger partial charge in [0.1, 0.15) is 24.1 Å². The van der Waals surface area contributed by atoms with E-state index in [0.29, 0.717) is 12.2 Å². The van der Waals surface area contributed by atoms with Gasteiger partial charge < -0.3 is 25.4 Å². The van der Waals surface area contributed by atoms with E-state index in [1.54, 1.807) is 12.3 Å². The van der Waals surface area contributed by atoms with Gasteiger partial charge in [0.25, 0.3) is 0 Å². The van der Waals surface area contributed by atoms with Crippen LogP contribution in [0.4, 0.5) is 5.82 Å². The van der Waals surface area contributed by atoms with Gasteiger partial charge in [-0.05, 0) is 24.7 Å². The fourth-order valence-electron chi connectivity index (χ4n) is 4.65. The molecular weight excluding hydrogens is 478 g/mol. The first-order valence-electron chi connectivity index (χ1n) is 14.0. The Labute approximate surface area is 221 Å². The lowest BCUT2D eigenvalue weighted by molar-refractivity contribution is -0.116. The zero-order valence-electron chi connectivity index (χ0n) is 21.9. The highest BCUT2D eigenvalue weighted by atomic mass is 32.1. The summed E-state index contributed by atoms with van der Waals surface area (Å²) in [7, 11) is 0. The highest BCUT2D eigenvalue weighted by molar-refractivity contribution is 7.71. The molecule has 0 saturated carbocycles. The number of unbranched alkanes of at least 4 members (excludes halogenated alkanes) is 14. The van der Waals surface area contributed by atoms with Crippen molar-refractivity contribution in [2.75, 3.05) is 11.9 Å². The average Bonchev–Trinajstić information content (AvgIpc) is 3.15. The van der Waals surface area contributed by atoms with Gasteiger partial charge in [0.15, 0.2) is 6.23 Å². The van der Waals surface area contributed by atoms with E-state index >= 15 is 0 Å². The zero-order chi connectivity index (χ0) is 26.2. The van der Waals surface area contributed by atoms with E-state index in [1.807, 2.05) is 0 Å². The number of ether oxygens (including phenoxy) is 1. The van der Waals surface area contributed by atoms with E-state index in [0.717, 1.165) is 19.3 Å². The van der Waals surface area contributed by atoms with Crippen molar-refractivity contribution in [3.8, 4) is 0 Å². The smallest absolute Gasteiger partial charge is 0.225 e. The topological polar surface area (TPSA) is 117 Å². The van der Waals surface area contributed by atoms with E-state index < -0.39 is 31.1 Å². The first-order valence-corrected chi connectivity index (χ1v) is 14.4. The normalized spacial score (nSPS) is 21.7. The van der Waals surface area contributed by atoms with Crippen molar-refractivity contribution >= 4 is 23.9 Å². The quantitative estimate of drug-likeness (QED) is 0.141. The third-order valence-corrected chi connectivity index (χ3v) is 7.20. The van der Waals surface area contributed by atoms with Gasteiger partial charge in [-0.1, -0.05) is 96.8 Å². The largest absolute Gasteiger partial charge is 0.394 e. The van der Waals surface area contributed by atoms with Crippen LogP contribution >= 0.6 is 12.2 Å². The third-order valence-electron chi connectivity index (χ3n) is 6.90. The number of carbonyl (C=O) groups excluding carboxylic acids is 1. The van der Waals surface area contributed by atoms with Crippen LogP contribution in [0.1, 0.15) is 116 Å². The lowest BCUT2D eigenvalue weighted by Gasteiger charge is -2.18. The molecule has 36 heavy (non-hydrogen) atoms. The van der Waals surface area contributed by atoms with Crippen LogP contribution in [0.25, 0.3) is 0 Å². The number of amides is 1. The molecule has 1 amide bonds. The van der Waals surface area contributed by atoms with Gasteiger partial charge >= 0.3 is 0 Å². The second-order valence-corrected chi connectivity index (χ2v) is 10.3. The standard InChI is InChI=1S/C27H47N3O5S/c1-2-3-4-5-6-7-8-9-10-11-12-13-14-15-16-17-23(32)28-22-18-19-30(27(36)29-22)26-25(34)24(33)21(20-31)35-26/h18-19,21,24-26,31,33-34H,2-17,20H2,1H3,(H,28,29,32,36)/t21-,24-,25+,26-/m1/s1. The summed E-state index contributed by atoms with van der Waals surface area (Å²) in [4.78, 5) is 16.5. The van der Waals surface area contributed by atoms with Crippen molar-refractivity contribution in [2.24, 2.45) is 0 Å². The van der Waals surface area contributed by atoms with Crippen LogP contribution < -0.4 is 5.32 Å². The number of anilines is 1. The van der Waals surface area contributed by atoms with E-state index in [1.165, 1.54) is 81.6 Å². The summed E-state index contributed by atoms with van der Waals surface area (Å²) < 4.78 is 6.99. The van der Waals surface area contributed by atoms with E-state index in [-0.39, 0.29) is 10.7 Å². The Morgan fingerprint density at radius 2 is 1.47 bits per heavy atom. The molecule has 1 saturated heterocycles. The lowest BCUT2D eigenvalue weighted by atomic mass is 10.0. The number of rotatable bonds is 19. The van der Waals surface area contributed by atoms with Crippen LogP contribution in [-0.2, 0) is 9.53 Å². The average molecular weight is 526 g/mol. The number of aliphatic hydroxyl groups excluding tert-OH is 3. The van der Waals surface area contributed by atoms with Gasteiger partial charge in [0.2, 0.25) is 10.7 Å². The maximum absolute atomic E-state index is 12.3. The van der Waals surface area contributed by atoms with Crippen LogP contribution in [0, 0.1) is 4.77 Å². The number of aromatic nitrogens is 2. The fourth-order valence-corrected chi connectivity index (χ4v) is 4.91. The van der Waals surface area contributed by atoms with Gasteiger partial charge in [0, 0.05) is 12.6 Å². The third kappa shape index (κ3) is 10.9. The summed E-state index contributed by atoms with van der Waals surface area (Å²) in [6, 6.07) is 1.58. The summed E-state index contributed by atoms with van der Waals surface area (Å²) in [6.07, 6.45) is 17.0. The lowest BCUT2D eigenvalue weighted by Crippen LogP contribution is -2.33. The minimum absolute atomic E-state index is 0.0998.